The third kappa shape index (κ3) is 3.39. The van der Waals surface area contributed by atoms with E-state index in [2.05, 4.69) is 10.1 Å². The van der Waals surface area contributed by atoms with Crippen molar-refractivity contribution in [2.75, 3.05) is 4.90 Å². The van der Waals surface area contributed by atoms with Gasteiger partial charge in [0.05, 0.1) is 33.4 Å². The van der Waals surface area contributed by atoms with Gasteiger partial charge >= 0.3 is 0 Å². The van der Waals surface area contributed by atoms with Gasteiger partial charge < -0.3 is 0 Å². The summed E-state index contributed by atoms with van der Waals surface area (Å²) in [6, 6.07) is 21.3. The molecule has 2 aromatic carbocycles. The van der Waals surface area contributed by atoms with Crippen LogP contribution in [0.5, 0.6) is 0 Å². The van der Waals surface area contributed by atoms with Gasteiger partial charge in [0.25, 0.3) is 5.91 Å². The Bertz CT molecular complexity index is 1360. The number of hydrogen-bond acceptors (Lipinski definition) is 5. The quantitative estimate of drug-likeness (QED) is 0.383. The maximum Gasteiger partial charge on any atom is 0.268 e. The molecule has 0 saturated heterocycles. The number of carbonyl (C=O) groups is 1. The minimum absolute atomic E-state index is 0.173. The normalized spacial score (nSPS) is 11.0. The standard InChI is InChI=1S/C24H19N5OS/c1-16-9-3-5-11-20(16)28(24-27-19-10-4-6-12-21(19)31-24)23(30)18-15-26-29(17(18)2)22-13-7-8-14-25-22/h3-15H,1-2H3. The van der Waals surface area contributed by atoms with E-state index in [0.29, 0.717) is 16.5 Å². The number of hydrogen-bond donors (Lipinski definition) is 0. The maximum absolute atomic E-state index is 13.9. The van der Waals surface area contributed by atoms with Crippen LogP contribution in [0.15, 0.2) is 79.1 Å². The van der Waals surface area contributed by atoms with Gasteiger partial charge in [-0.3, -0.25) is 9.69 Å². The van der Waals surface area contributed by atoms with Gasteiger partial charge in [0, 0.05) is 6.20 Å². The van der Waals surface area contributed by atoms with E-state index in [9.17, 15) is 4.79 Å². The van der Waals surface area contributed by atoms with Crippen molar-refractivity contribution in [2.24, 2.45) is 0 Å². The first-order chi connectivity index (χ1) is 15.1. The molecule has 0 N–H and O–H groups in total. The van der Waals surface area contributed by atoms with Gasteiger partial charge in [0.1, 0.15) is 0 Å². The highest BCUT2D eigenvalue weighted by Crippen LogP contribution is 2.36. The first-order valence-electron chi connectivity index (χ1n) is 9.85. The van der Waals surface area contributed by atoms with E-state index in [1.54, 1.807) is 22.0 Å². The largest absolute Gasteiger partial charge is 0.268 e. The molecule has 1 amide bonds. The van der Waals surface area contributed by atoms with Gasteiger partial charge in [-0.1, -0.05) is 47.7 Å². The molecule has 0 radical (unpaired) electrons. The van der Waals surface area contributed by atoms with E-state index in [-0.39, 0.29) is 5.91 Å². The van der Waals surface area contributed by atoms with E-state index < -0.39 is 0 Å². The summed E-state index contributed by atoms with van der Waals surface area (Å²) in [4.78, 5) is 24.7. The van der Waals surface area contributed by atoms with E-state index in [1.165, 1.54) is 11.3 Å². The first-order valence-corrected chi connectivity index (χ1v) is 10.7. The predicted octanol–water partition coefficient (Wildman–Crippen LogP) is 5.47. The van der Waals surface area contributed by atoms with E-state index in [4.69, 9.17) is 4.98 Å². The van der Waals surface area contributed by atoms with E-state index in [0.717, 1.165) is 27.2 Å². The lowest BCUT2D eigenvalue weighted by Gasteiger charge is -2.21. The molecule has 0 bridgehead atoms. The SMILES string of the molecule is Cc1ccccc1N(C(=O)c1cnn(-c2ccccn2)c1C)c1nc2ccccc2s1. The Balaban J connectivity index is 1.65. The van der Waals surface area contributed by atoms with Gasteiger partial charge in [-0.15, -0.1) is 0 Å². The van der Waals surface area contributed by atoms with Gasteiger partial charge in [0.2, 0.25) is 0 Å². The molecule has 5 aromatic rings. The summed E-state index contributed by atoms with van der Waals surface area (Å²) in [5.74, 6) is 0.495. The van der Waals surface area contributed by atoms with Crippen LogP contribution < -0.4 is 4.90 Å². The summed E-state index contributed by atoms with van der Waals surface area (Å²) < 4.78 is 2.71. The van der Waals surface area contributed by atoms with Gasteiger partial charge in [-0.25, -0.2) is 14.6 Å². The van der Waals surface area contributed by atoms with E-state index in [1.807, 2.05) is 80.6 Å². The van der Waals surface area contributed by atoms with Crippen LogP contribution >= 0.6 is 11.3 Å². The van der Waals surface area contributed by atoms with Crippen LogP contribution in [0.4, 0.5) is 10.8 Å². The molecule has 0 saturated carbocycles. The van der Waals surface area contributed by atoms with Crippen molar-refractivity contribution in [3.05, 3.63) is 95.9 Å². The molecule has 0 fully saturated rings. The summed E-state index contributed by atoms with van der Waals surface area (Å²) >= 11 is 1.50. The summed E-state index contributed by atoms with van der Waals surface area (Å²) in [6.45, 7) is 3.87. The zero-order chi connectivity index (χ0) is 21.4. The number of carbonyl (C=O) groups excluding carboxylic acids is 1. The van der Waals surface area contributed by atoms with Crippen molar-refractivity contribution < 1.29 is 4.79 Å². The highest BCUT2D eigenvalue weighted by molar-refractivity contribution is 7.22. The van der Waals surface area contributed by atoms with Crippen molar-refractivity contribution in [3.63, 3.8) is 0 Å². The number of amides is 1. The Hall–Kier alpha value is -3.84. The molecule has 6 nitrogen and oxygen atoms in total. The number of anilines is 2. The van der Waals surface area contributed by atoms with Crippen LogP contribution in [0.1, 0.15) is 21.6 Å². The number of aryl methyl sites for hydroxylation is 1. The second-order valence-corrected chi connectivity index (χ2v) is 8.14. The lowest BCUT2D eigenvalue weighted by Crippen LogP contribution is -2.27. The number of aromatic nitrogens is 4. The third-order valence-corrected chi connectivity index (χ3v) is 6.16. The monoisotopic (exact) mass is 425 g/mol. The van der Waals surface area contributed by atoms with Crippen molar-refractivity contribution in [1.29, 1.82) is 0 Å². The molecule has 5 rings (SSSR count). The molecule has 3 aromatic heterocycles. The fourth-order valence-corrected chi connectivity index (χ4v) is 4.50. The number of thiazole rings is 1. The zero-order valence-corrected chi connectivity index (χ0v) is 17.9. The molecular formula is C24H19N5OS. The Morgan fingerprint density at radius 1 is 0.968 bits per heavy atom. The number of nitrogens with zero attached hydrogens (tertiary/aromatic N) is 5. The van der Waals surface area contributed by atoms with Crippen LogP contribution in [-0.4, -0.2) is 25.7 Å². The van der Waals surface area contributed by atoms with Crippen LogP contribution in [0.25, 0.3) is 16.0 Å². The molecule has 7 heteroatoms. The third-order valence-electron chi connectivity index (χ3n) is 5.14. The number of pyridine rings is 1. The maximum atomic E-state index is 13.9. The van der Waals surface area contributed by atoms with E-state index >= 15 is 0 Å². The van der Waals surface area contributed by atoms with Crippen molar-refractivity contribution >= 4 is 38.3 Å². The zero-order valence-electron chi connectivity index (χ0n) is 17.1. The summed E-state index contributed by atoms with van der Waals surface area (Å²) in [7, 11) is 0. The van der Waals surface area contributed by atoms with Gasteiger partial charge in [0.15, 0.2) is 10.9 Å². The summed E-state index contributed by atoms with van der Waals surface area (Å²) in [5, 5.41) is 5.06. The highest BCUT2D eigenvalue weighted by Gasteiger charge is 2.27. The summed E-state index contributed by atoms with van der Waals surface area (Å²) in [5.41, 5.74) is 3.90. The molecule has 0 unspecified atom stereocenters. The lowest BCUT2D eigenvalue weighted by atomic mass is 10.1. The molecule has 0 aliphatic heterocycles. The van der Waals surface area contributed by atoms with Crippen LogP contribution in [0.3, 0.4) is 0 Å². The minimum atomic E-state index is -0.173. The Labute approximate surface area is 183 Å². The van der Waals surface area contributed by atoms with Gasteiger partial charge in [-0.05, 0) is 49.7 Å². The molecule has 0 spiro atoms. The fourth-order valence-electron chi connectivity index (χ4n) is 3.52. The van der Waals surface area contributed by atoms with Crippen molar-refractivity contribution in [3.8, 4) is 5.82 Å². The number of para-hydroxylation sites is 2. The highest BCUT2D eigenvalue weighted by atomic mass is 32.1. The number of fused-ring (bicyclic) bond motifs is 1. The summed E-state index contributed by atoms with van der Waals surface area (Å²) in [6.07, 6.45) is 3.31. The molecule has 0 aliphatic carbocycles. The Morgan fingerprint density at radius 3 is 2.52 bits per heavy atom. The topological polar surface area (TPSA) is 63.9 Å². The van der Waals surface area contributed by atoms with Gasteiger partial charge in [-0.2, -0.15) is 5.10 Å². The smallest absolute Gasteiger partial charge is 0.268 e. The fraction of sp³-hybridized carbons (Fsp3) is 0.0833. The molecular weight excluding hydrogens is 406 g/mol. The molecule has 0 atom stereocenters. The molecule has 3 heterocycles. The van der Waals surface area contributed by atoms with Crippen molar-refractivity contribution in [1.82, 2.24) is 19.7 Å². The second-order valence-electron chi connectivity index (χ2n) is 7.13. The molecule has 152 valence electrons. The number of rotatable bonds is 4. The van der Waals surface area contributed by atoms with Crippen LogP contribution in [0, 0.1) is 13.8 Å². The number of benzene rings is 2. The average Bonchev–Trinajstić information content (AvgIpc) is 3.39. The predicted molar refractivity (Wildman–Crippen MR) is 123 cm³/mol. The Morgan fingerprint density at radius 2 is 1.74 bits per heavy atom. The molecule has 31 heavy (non-hydrogen) atoms. The van der Waals surface area contributed by atoms with Crippen molar-refractivity contribution in [2.45, 2.75) is 13.8 Å². The average molecular weight is 426 g/mol. The molecule has 0 aliphatic rings. The van der Waals surface area contributed by atoms with Crippen LogP contribution in [0.2, 0.25) is 0 Å². The first kappa shape index (κ1) is 19.1. The van der Waals surface area contributed by atoms with Crippen LogP contribution in [-0.2, 0) is 0 Å². The minimum Gasteiger partial charge on any atom is -0.268 e. The second kappa shape index (κ2) is 7.77. The lowest BCUT2D eigenvalue weighted by molar-refractivity contribution is 0.0998. The Kier molecular flexibility index (Phi) is 4.80.